The fourth-order valence-corrected chi connectivity index (χ4v) is 3.92. The van der Waals surface area contributed by atoms with Crippen molar-refractivity contribution in [2.24, 2.45) is 5.41 Å². The maximum Gasteiger partial charge on any atom is 0.174 e. The summed E-state index contributed by atoms with van der Waals surface area (Å²) in [5.74, 6) is 0.517. The second-order valence-corrected chi connectivity index (χ2v) is 6.23. The van der Waals surface area contributed by atoms with Crippen LogP contribution in [0.2, 0.25) is 10.0 Å². The molecule has 20 heavy (non-hydrogen) atoms. The molecular weight excluding hydrogens is 297 g/mol. The van der Waals surface area contributed by atoms with Crippen LogP contribution in [0.5, 0.6) is 5.75 Å². The Labute approximate surface area is 127 Å². The monoisotopic (exact) mass is 309 g/mol. The van der Waals surface area contributed by atoms with E-state index in [9.17, 15) is 4.79 Å². The van der Waals surface area contributed by atoms with E-state index in [4.69, 9.17) is 33.2 Å². The van der Waals surface area contributed by atoms with Gasteiger partial charge in [0.05, 0.1) is 5.02 Å². The lowest BCUT2D eigenvalue weighted by molar-refractivity contribution is 0.0827. The molecule has 0 bridgehead atoms. The van der Waals surface area contributed by atoms with E-state index in [2.05, 4.69) is 0 Å². The fraction of sp³-hybridized carbons (Fsp3) is 0.467. The molecule has 104 valence electrons. The summed E-state index contributed by atoms with van der Waals surface area (Å²) in [5.41, 5.74) is 1.19. The average molecular weight is 310 g/mol. The molecule has 1 aromatic carbocycles. The van der Waals surface area contributed by atoms with Gasteiger partial charge in [-0.05, 0) is 30.9 Å². The van der Waals surface area contributed by atoms with Gasteiger partial charge < -0.3 is 4.74 Å². The number of nitriles is 1. The van der Waals surface area contributed by atoms with Crippen LogP contribution in [0, 0.1) is 16.7 Å². The first-order valence-electron chi connectivity index (χ1n) is 6.64. The normalized spacial score (nSPS) is 19.1. The van der Waals surface area contributed by atoms with Crippen molar-refractivity contribution in [1.29, 1.82) is 5.26 Å². The number of hydrogen-bond donors (Lipinski definition) is 0. The number of ketones is 1. The number of rotatable bonds is 2. The number of hydrogen-bond acceptors (Lipinski definition) is 3. The van der Waals surface area contributed by atoms with Crippen molar-refractivity contribution in [3.63, 3.8) is 0 Å². The lowest BCUT2D eigenvalue weighted by atomic mass is 9.82. The van der Waals surface area contributed by atoms with Crippen molar-refractivity contribution >= 4 is 29.0 Å². The van der Waals surface area contributed by atoms with E-state index in [1.807, 2.05) is 6.07 Å². The molecule has 1 spiro atoms. The minimum absolute atomic E-state index is 0.0894. The Morgan fingerprint density at radius 3 is 2.65 bits per heavy atom. The van der Waals surface area contributed by atoms with Gasteiger partial charge in [0.1, 0.15) is 16.8 Å². The summed E-state index contributed by atoms with van der Waals surface area (Å²) >= 11 is 12.4. The molecule has 0 N–H and O–H groups in total. The molecule has 0 atom stereocenters. The zero-order valence-electron chi connectivity index (χ0n) is 10.8. The van der Waals surface area contributed by atoms with Crippen molar-refractivity contribution in [2.45, 2.75) is 32.1 Å². The topological polar surface area (TPSA) is 50.1 Å². The van der Waals surface area contributed by atoms with Crippen LogP contribution in [0.25, 0.3) is 0 Å². The molecule has 1 fully saturated rings. The molecule has 3 nitrogen and oxygen atoms in total. The van der Waals surface area contributed by atoms with Crippen LogP contribution in [0.15, 0.2) is 6.07 Å². The molecule has 2 aliphatic carbocycles. The quantitative estimate of drug-likeness (QED) is 0.822. The molecule has 0 unspecified atom stereocenters. The van der Waals surface area contributed by atoms with E-state index in [0.717, 1.165) is 31.2 Å². The third kappa shape index (κ3) is 1.90. The lowest BCUT2D eigenvalue weighted by Crippen LogP contribution is -2.23. The van der Waals surface area contributed by atoms with Gasteiger partial charge in [0.2, 0.25) is 0 Å². The van der Waals surface area contributed by atoms with Crippen molar-refractivity contribution < 1.29 is 9.53 Å². The molecule has 0 amide bonds. The Balaban J connectivity index is 2.05. The first-order chi connectivity index (χ1) is 9.59. The second-order valence-electron chi connectivity index (χ2n) is 5.48. The van der Waals surface area contributed by atoms with Gasteiger partial charge in [0.25, 0.3) is 0 Å². The highest BCUT2D eigenvalue weighted by Gasteiger charge is 2.48. The highest BCUT2D eigenvalue weighted by molar-refractivity contribution is 6.45. The summed E-state index contributed by atoms with van der Waals surface area (Å²) in [6.07, 6.45) is 4.72. The van der Waals surface area contributed by atoms with E-state index in [1.54, 1.807) is 6.07 Å². The summed E-state index contributed by atoms with van der Waals surface area (Å²) in [4.78, 5) is 12.7. The van der Waals surface area contributed by atoms with E-state index < -0.39 is 0 Å². The first kappa shape index (κ1) is 13.7. The Kier molecular flexibility index (Phi) is 3.40. The number of Topliss-reactive ketones (excluding diaryl/α,β-unsaturated/α-hetero) is 1. The predicted molar refractivity (Wildman–Crippen MR) is 76.5 cm³/mol. The molecule has 0 radical (unpaired) electrons. The molecule has 0 aliphatic heterocycles. The third-order valence-electron chi connectivity index (χ3n) is 4.35. The molecule has 3 rings (SSSR count). The van der Waals surface area contributed by atoms with Crippen LogP contribution < -0.4 is 4.74 Å². The summed E-state index contributed by atoms with van der Waals surface area (Å²) in [5, 5.41) is 9.08. The Morgan fingerprint density at radius 1 is 1.30 bits per heavy atom. The molecule has 0 aromatic heterocycles. The highest BCUT2D eigenvalue weighted by Crippen LogP contribution is 2.52. The van der Waals surface area contributed by atoms with Crippen LogP contribution in [-0.4, -0.2) is 12.4 Å². The second kappa shape index (κ2) is 4.95. The smallest absolute Gasteiger partial charge is 0.174 e. The zero-order chi connectivity index (χ0) is 14.3. The highest BCUT2D eigenvalue weighted by atomic mass is 35.5. The summed E-state index contributed by atoms with van der Waals surface area (Å²) < 4.78 is 5.29. The average Bonchev–Trinajstić information content (AvgIpc) is 3.00. The fourth-order valence-electron chi connectivity index (χ4n) is 3.42. The van der Waals surface area contributed by atoms with Gasteiger partial charge in [-0.3, -0.25) is 4.79 Å². The van der Waals surface area contributed by atoms with Gasteiger partial charge in [-0.25, -0.2) is 0 Å². The molecule has 5 heteroatoms. The number of carbonyl (C=O) groups is 1. The number of ether oxygens (including phenoxy) is 1. The van der Waals surface area contributed by atoms with E-state index in [-0.39, 0.29) is 27.9 Å². The molecule has 0 heterocycles. The summed E-state index contributed by atoms with van der Waals surface area (Å²) in [7, 11) is 0. The predicted octanol–water partition coefficient (Wildman–Crippen LogP) is 4.19. The first-order valence-corrected chi connectivity index (χ1v) is 7.40. The van der Waals surface area contributed by atoms with E-state index >= 15 is 0 Å². The maximum atomic E-state index is 12.7. The SMILES string of the molecule is N#CCOc1cc2c(c(Cl)c1Cl)C(=O)C1(CCCC1)C2. The number of fused-ring (bicyclic) bond motifs is 1. The van der Waals surface area contributed by atoms with Gasteiger partial charge in [0, 0.05) is 11.0 Å². The van der Waals surface area contributed by atoms with Crippen molar-refractivity contribution in [1.82, 2.24) is 0 Å². The number of benzene rings is 1. The van der Waals surface area contributed by atoms with Gasteiger partial charge >= 0.3 is 0 Å². The van der Waals surface area contributed by atoms with Crippen LogP contribution in [0.3, 0.4) is 0 Å². The third-order valence-corrected chi connectivity index (χ3v) is 5.20. The van der Waals surface area contributed by atoms with Gasteiger partial charge in [-0.2, -0.15) is 5.26 Å². The molecule has 2 aliphatic rings. The van der Waals surface area contributed by atoms with Gasteiger partial charge in [-0.15, -0.1) is 0 Å². The van der Waals surface area contributed by atoms with Crippen molar-refractivity contribution in [3.05, 3.63) is 27.2 Å². The van der Waals surface area contributed by atoms with Gasteiger partial charge in [-0.1, -0.05) is 36.0 Å². The van der Waals surface area contributed by atoms with E-state index in [0.29, 0.717) is 17.7 Å². The van der Waals surface area contributed by atoms with Crippen LogP contribution in [-0.2, 0) is 6.42 Å². The Bertz CT molecular complexity index is 628. The number of halogens is 2. The van der Waals surface area contributed by atoms with Crippen LogP contribution in [0.4, 0.5) is 0 Å². The van der Waals surface area contributed by atoms with Crippen LogP contribution in [0.1, 0.15) is 41.6 Å². The molecule has 1 aromatic rings. The summed E-state index contributed by atoms with van der Waals surface area (Å²) in [6, 6.07) is 3.67. The van der Waals surface area contributed by atoms with Gasteiger partial charge in [0.15, 0.2) is 12.4 Å². The van der Waals surface area contributed by atoms with Crippen molar-refractivity contribution in [2.75, 3.05) is 6.61 Å². The minimum Gasteiger partial charge on any atom is -0.477 e. The number of carbonyl (C=O) groups excluding carboxylic acids is 1. The summed E-state index contributed by atoms with van der Waals surface area (Å²) in [6.45, 7) is -0.0894. The van der Waals surface area contributed by atoms with Crippen molar-refractivity contribution in [3.8, 4) is 11.8 Å². The maximum absolute atomic E-state index is 12.7. The molecule has 0 saturated heterocycles. The number of nitrogens with zero attached hydrogens (tertiary/aromatic N) is 1. The zero-order valence-corrected chi connectivity index (χ0v) is 12.4. The standard InChI is InChI=1S/C15H13Cl2NO2/c16-12-10(20-6-5-18)7-9-8-15(3-1-2-4-15)14(19)11(9)13(12)17/h7H,1-4,6,8H2. The largest absolute Gasteiger partial charge is 0.477 e. The van der Waals surface area contributed by atoms with Crippen LogP contribution >= 0.6 is 23.2 Å². The van der Waals surface area contributed by atoms with E-state index in [1.165, 1.54) is 0 Å². The lowest BCUT2D eigenvalue weighted by Gasteiger charge is -2.19. The molecular formula is C15H13Cl2NO2. The Hall–Kier alpha value is -1.24. The molecule has 1 saturated carbocycles. The minimum atomic E-state index is -0.275. The Morgan fingerprint density at radius 2 is 2.00 bits per heavy atom.